The normalized spacial score (nSPS) is 39.9. The van der Waals surface area contributed by atoms with Crippen molar-refractivity contribution in [3.8, 4) is 0 Å². The fourth-order valence-corrected chi connectivity index (χ4v) is 4.55. The summed E-state index contributed by atoms with van der Waals surface area (Å²) in [4.78, 5) is 2.79. The van der Waals surface area contributed by atoms with Gasteiger partial charge >= 0.3 is 0 Å². The number of likely N-dealkylation sites (tertiary alicyclic amines) is 1. The predicted octanol–water partition coefficient (Wildman–Crippen LogP) is 3.91. The van der Waals surface area contributed by atoms with Gasteiger partial charge in [-0.3, -0.25) is 0 Å². The van der Waals surface area contributed by atoms with Gasteiger partial charge in [0, 0.05) is 25.2 Å². The van der Waals surface area contributed by atoms with Crippen LogP contribution in [0.15, 0.2) is 0 Å². The van der Waals surface area contributed by atoms with E-state index < -0.39 is 0 Å². The van der Waals surface area contributed by atoms with Crippen LogP contribution in [0, 0.1) is 17.8 Å². The monoisotopic (exact) mass is 280 g/mol. The first kappa shape index (κ1) is 16.3. The Balaban J connectivity index is 1.92. The van der Waals surface area contributed by atoms with E-state index in [1.165, 1.54) is 58.0 Å². The Morgan fingerprint density at radius 1 is 1.10 bits per heavy atom. The molecule has 2 heteroatoms. The zero-order valence-electron chi connectivity index (χ0n) is 14.2. The highest BCUT2D eigenvalue weighted by atomic mass is 15.2. The molecule has 20 heavy (non-hydrogen) atoms. The fourth-order valence-electron chi connectivity index (χ4n) is 4.55. The molecule has 0 radical (unpaired) electrons. The van der Waals surface area contributed by atoms with E-state index in [9.17, 15) is 0 Å². The van der Waals surface area contributed by atoms with Crippen molar-refractivity contribution in [3.05, 3.63) is 0 Å². The number of nitrogens with one attached hydrogen (secondary N) is 1. The van der Waals surface area contributed by atoms with Crippen LogP contribution in [0.2, 0.25) is 0 Å². The molecule has 1 heterocycles. The summed E-state index contributed by atoms with van der Waals surface area (Å²) in [5, 5.41) is 3.61. The van der Waals surface area contributed by atoms with Gasteiger partial charge in [0.05, 0.1) is 0 Å². The average molecular weight is 280 g/mol. The Morgan fingerprint density at radius 3 is 2.60 bits per heavy atom. The topological polar surface area (TPSA) is 15.3 Å². The lowest BCUT2D eigenvalue weighted by atomic mass is 9.75. The molecule has 1 aliphatic carbocycles. The average Bonchev–Trinajstić information content (AvgIpc) is 2.44. The zero-order chi connectivity index (χ0) is 14.5. The van der Waals surface area contributed by atoms with Gasteiger partial charge in [-0.2, -0.15) is 0 Å². The van der Waals surface area contributed by atoms with Gasteiger partial charge in [0.15, 0.2) is 0 Å². The van der Waals surface area contributed by atoms with Crippen molar-refractivity contribution in [1.82, 2.24) is 10.2 Å². The molecular formula is C18H36N2. The van der Waals surface area contributed by atoms with Crippen LogP contribution in [0.5, 0.6) is 0 Å². The molecule has 0 aromatic heterocycles. The Kier molecular flexibility index (Phi) is 6.35. The van der Waals surface area contributed by atoms with Crippen molar-refractivity contribution < 1.29 is 0 Å². The van der Waals surface area contributed by atoms with E-state index in [4.69, 9.17) is 0 Å². The van der Waals surface area contributed by atoms with Crippen LogP contribution < -0.4 is 5.32 Å². The maximum atomic E-state index is 3.61. The number of hydrogen-bond donors (Lipinski definition) is 1. The zero-order valence-corrected chi connectivity index (χ0v) is 14.2. The third kappa shape index (κ3) is 4.21. The molecule has 2 rings (SSSR count). The van der Waals surface area contributed by atoms with E-state index in [0.717, 1.165) is 29.8 Å². The Bertz CT molecular complexity index is 279. The Morgan fingerprint density at radius 2 is 1.90 bits per heavy atom. The number of nitrogens with zero attached hydrogens (tertiary/aromatic N) is 1. The summed E-state index contributed by atoms with van der Waals surface area (Å²) in [6.45, 7) is 9.86. The molecule has 5 unspecified atom stereocenters. The first-order chi connectivity index (χ1) is 9.63. The van der Waals surface area contributed by atoms with Crippen LogP contribution in [0.4, 0.5) is 0 Å². The van der Waals surface area contributed by atoms with Gasteiger partial charge in [-0.25, -0.2) is 0 Å². The molecule has 118 valence electrons. The van der Waals surface area contributed by atoms with Crippen molar-refractivity contribution in [2.45, 2.75) is 77.8 Å². The minimum atomic E-state index is 0.757. The van der Waals surface area contributed by atoms with Crippen LogP contribution in [-0.4, -0.2) is 37.1 Å². The third-order valence-electron chi connectivity index (χ3n) is 5.87. The van der Waals surface area contributed by atoms with E-state index in [1.54, 1.807) is 0 Å². The SMILES string of the molecule is CCCC1CCC(NC)C(CN2CC(C)CCC2C)C1. The van der Waals surface area contributed by atoms with Crippen LogP contribution in [0.1, 0.15) is 65.7 Å². The second-order valence-corrected chi connectivity index (χ2v) is 7.61. The van der Waals surface area contributed by atoms with E-state index in [-0.39, 0.29) is 0 Å². The van der Waals surface area contributed by atoms with Crippen molar-refractivity contribution >= 4 is 0 Å². The van der Waals surface area contributed by atoms with Crippen LogP contribution in [0.25, 0.3) is 0 Å². The van der Waals surface area contributed by atoms with Crippen molar-refractivity contribution in [2.75, 3.05) is 20.1 Å². The lowest BCUT2D eigenvalue weighted by molar-refractivity contribution is 0.0738. The molecule has 0 bridgehead atoms. The van der Waals surface area contributed by atoms with Crippen molar-refractivity contribution in [1.29, 1.82) is 0 Å². The summed E-state index contributed by atoms with van der Waals surface area (Å²) in [5.41, 5.74) is 0. The van der Waals surface area contributed by atoms with Crippen LogP contribution >= 0.6 is 0 Å². The summed E-state index contributed by atoms with van der Waals surface area (Å²) < 4.78 is 0. The van der Waals surface area contributed by atoms with E-state index in [2.05, 4.69) is 38.0 Å². The Hall–Kier alpha value is -0.0800. The molecule has 2 nitrogen and oxygen atoms in total. The number of rotatable bonds is 5. The number of piperidine rings is 1. The second kappa shape index (κ2) is 7.79. The molecule has 2 aliphatic rings. The summed E-state index contributed by atoms with van der Waals surface area (Å²) in [7, 11) is 2.17. The van der Waals surface area contributed by atoms with Crippen molar-refractivity contribution in [2.24, 2.45) is 17.8 Å². The maximum absolute atomic E-state index is 3.61. The van der Waals surface area contributed by atoms with E-state index in [1.807, 2.05) is 0 Å². The van der Waals surface area contributed by atoms with Gasteiger partial charge in [-0.15, -0.1) is 0 Å². The van der Waals surface area contributed by atoms with Gasteiger partial charge < -0.3 is 10.2 Å². The summed E-state index contributed by atoms with van der Waals surface area (Å²) in [5.74, 6) is 2.76. The molecule has 5 atom stereocenters. The number of hydrogen-bond acceptors (Lipinski definition) is 2. The molecule has 1 saturated carbocycles. The first-order valence-corrected chi connectivity index (χ1v) is 9.05. The summed E-state index contributed by atoms with van der Waals surface area (Å²) in [6.07, 6.45) is 9.92. The smallest absolute Gasteiger partial charge is 0.0105 e. The van der Waals surface area contributed by atoms with Gasteiger partial charge in [0.1, 0.15) is 0 Å². The molecule has 2 fully saturated rings. The molecule has 0 aromatic carbocycles. The predicted molar refractivity (Wildman–Crippen MR) is 88.0 cm³/mol. The minimum Gasteiger partial charge on any atom is -0.317 e. The van der Waals surface area contributed by atoms with E-state index >= 15 is 0 Å². The highest BCUT2D eigenvalue weighted by Gasteiger charge is 2.32. The van der Waals surface area contributed by atoms with Crippen molar-refractivity contribution in [3.63, 3.8) is 0 Å². The molecule has 1 N–H and O–H groups in total. The molecule has 0 amide bonds. The minimum absolute atomic E-state index is 0.757. The highest BCUT2D eigenvalue weighted by molar-refractivity contribution is 4.88. The quantitative estimate of drug-likeness (QED) is 0.821. The molecule has 0 aromatic rings. The highest BCUT2D eigenvalue weighted by Crippen LogP contribution is 2.34. The second-order valence-electron chi connectivity index (χ2n) is 7.61. The van der Waals surface area contributed by atoms with Gasteiger partial charge in [0.2, 0.25) is 0 Å². The molecular weight excluding hydrogens is 244 g/mol. The molecule has 1 saturated heterocycles. The lowest BCUT2D eigenvalue weighted by Crippen LogP contribution is -2.49. The maximum Gasteiger partial charge on any atom is 0.0105 e. The fraction of sp³-hybridized carbons (Fsp3) is 1.00. The summed E-state index contributed by atoms with van der Waals surface area (Å²) in [6, 6.07) is 1.56. The van der Waals surface area contributed by atoms with Gasteiger partial charge in [-0.05, 0) is 63.8 Å². The first-order valence-electron chi connectivity index (χ1n) is 9.05. The van der Waals surface area contributed by atoms with Crippen LogP contribution in [0.3, 0.4) is 0 Å². The Labute approximate surface area is 126 Å². The largest absolute Gasteiger partial charge is 0.317 e. The van der Waals surface area contributed by atoms with Crippen LogP contribution in [-0.2, 0) is 0 Å². The lowest BCUT2D eigenvalue weighted by Gasteiger charge is -2.43. The van der Waals surface area contributed by atoms with Gasteiger partial charge in [0.25, 0.3) is 0 Å². The molecule has 0 spiro atoms. The third-order valence-corrected chi connectivity index (χ3v) is 5.87. The van der Waals surface area contributed by atoms with Gasteiger partial charge in [-0.1, -0.05) is 26.7 Å². The van der Waals surface area contributed by atoms with E-state index in [0.29, 0.717) is 0 Å². The standard InChI is InChI=1S/C18H36N2/c1-5-6-16-9-10-18(19-4)17(11-16)13-20-12-14(2)7-8-15(20)3/h14-19H,5-13H2,1-4H3. The summed E-state index contributed by atoms with van der Waals surface area (Å²) >= 11 is 0. The molecule has 1 aliphatic heterocycles.